The number of aromatic nitrogens is 2. The molecule has 0 aliphatic heterocycles. The number of rotatable bonds is 4. The predicted molar refractivity (Wildman–Crippen MR) is 86.6 cm³/mol. The molecule has 0 spiro atoms. The second-order valence-corrected chi connectivity index (χ2v) is 5.36. The first-order valence-electron chi connectivity index (χ1n) is 7.49. The molecule has 128 valence electrons. The minimum atomic E-state index is -4.47. The van der Waals surface area contributed by atoms with Gasteiger partial charge in [0.2, 0.25) is 0 Å². The molecule has 0 radical (unpaired) electrons. The molecule has 7 heteroatoms. The average Bonchev–Trinajstić information content (AvgIpc) is 3.10. The highest BCUT2D eigenvalue weighted by molar-refractivity contribution is 5.99. The Morgan fingerprint density at radius 1 is 1.04 bits per heavy atom. The van der Waals surface area contributed by atoms with Crippen LogP contribution in [0.15, 0.2) is 60.8 Å². The summed E-state index contributed by atoms with van der Waals surface area (Å²) in [5.74, 6) is -0.496. The maximum Gasteiger partial charge on any atom is 0.416 e. The number of hydrogen-bond donors (Lipinski definition) is 2. The molecule has 0 aliphatic carbocycles. The molecule has 1 amide bonds. The van der Waals surface area contributed by atoms with Crippen LogP contribution in [0, 0.1) is 0 Å². The third-order valence-electron chi connectivity index (χ3n) is 3.71. The minimum Gasteiger partial charge on any atom is -0.348 e. The number of amides is 1. The number of benzene rings is 2. The van der Waals surface area contributed by atoms with Gasteiger partial charge in [-0.1, -0.05) is 48.5 Å². The van der Waals surface area contributed by atoms with Crippen molar-refractivity contribution < 1.29 is 18.0 Å². The SMILES string of the molecule is O=C(NCc1ccccc1C(F)(F)F)c1cn[nH]c1-c1ccccc1. The van der Waals surface area contributed by atoms with Crippen LogP contribution >= 0.6 is 0 Å². The van der Waals surface area contributed by atoms with E-state index in [0.717, 1.165) is 11.6 Å². The molecule has 0 unspecified atom stereocenters. The van der Waals surface area contributed by atoms with Gasteiger partial charge in [-0.25, -0.2) is 0 Å². The summed E-state index contributed by atoms with van der Waals surface area (Å²) in [6.07, 6.45) is -3.11. The number of aromatic amines is 1. The molecular formula is C18H14F3N3O. The highest BCUT2D eigenvalue weighted by Crippen LogP contribution is 2.31. The molecule has 1 heterocycles. The number of nitrogens with zero attached hydrogens (tertiary/aromatic N) is 1. The van der Waals surface area contributed by atoms with Crippen molar-refractivity contribution in [2.24, 2.45) is 0 Å². The molecule has 2 aromatic carbocycles. The van der Waals surface area contributed by atoms with E-state index in [1.807, 2.05) is 30.3 Å². The zero-order chi connectivity index (χ0) is 17.9. The maximum absolute atomic E-state index is 13.0. The van der Waals surface area contributed by atoms with E-state index in [9.17, 15) is 18.0 Å². The first-order valence-corrected chi connectivity index (χ1v) is 7.49. The Balaban J connectivity index is 1.79. The molecule has 0 bridgehead atoms. The van der Waals surface area contributed by atoms with Crippen LogP contribution in [0.5, 0.6) is 0 Å². The maximum atomic E-state index is 13.0. The lowest BCUT2D eigenvalue weighted by molar-refractivity contribution is -0.138. The fourth-order valence-corrected chi connectivity index (χ4v) is 2.50. The zero-order valence-corrected chi connectivity index (χ0v) is 13.0. The van der Waals surface area contributed by atoms with E-state index in [-0.39, 0.29) is 17.7 Å². The van der Waals surface area contributed by atoms with Crippen molar-refractivity contribution in [2.45, 2.75) is 12.7 Å². The van der Waals surface area contributed by atoms with Crippen molar-refractivity contribution in [1.82, 2.24) is 15.5 Å². The topological polar surface area (TPSA) is 57.8 Å². The van der Waals surface area contributed by atoms with Gasteiger partial charge in [-0.2, -0.15) is 18.3 Å². The highest BCUT2D eigenvalue weighted by Gasteiger charge is 2.32. The molecule has 0 aliphatic rings. The Morgan fingerprint density at radius 3 is 2.44 bits per heavy atom. The highest BCUT2D eigenvalue weighted by atomic mass is 19.4. The van der Waals surface area contributed by atoms with E-state index in [1.54, 1.807) is 0 Å². The van der Waals surface area contributed by atoms with E-state index in [1.165, 1.54) is 24.4 Å². The van der Waals surface area contributed by atoms with Gasteiger partial charge >= 0.3 is 6.18 Å². The molecule has 4 nitrogen and oxygen atoms in total. The summed E-state index contributed by atoms with van der Waals surface area (Å²) < 4.78 is 39.0. The van der Waals surface area contributed by atoms with Gasteiger partial charge in [-0.3, -0.25) is 9.89 Å². The van der Waals surface area contributed by atoms with E-state index in [0.29, 0.717) is 5.69 Å². The Bertz CT molecular complexity index is 873. The Morgan fingerprint density at radius 2 is 1.72 bits per heavy atom. The molecule has 3 aromatic rings. The molecule has 0 saturated heterocycles. The quantitative estimate of drug-likeness (QED) is 0.750. The van der Waals surface area contributed by atoms with Gasteiger partial charge in [-0.05, 0) is 11.6 Å². The monoisotopic (exact) mass is 345 g/mol. The summed E-state index contributed by atoms with van der Waals surface area (Å²) in [6, 6.07) is 14.3. The van der Waals surface area contributed by atoms with E-state index >= 15 is 0 Å². The second kappa shape index (κ2) is 6.80. The number of hydrogen-bond acceptors (Lipinski definition) is 2. The number of carbonyl (C=O) groups excluding carboxylic acids is 1. The summed E-state index contributed by atoms with van der Waals surface area (Å²) in [7, 11) is 0. The van der Waals surface area contributed by atoms with Crippen molar-refractivity contribution in [3.05, 3.63) is 77.5 Å². The Hall–Kier alpha value is -3.09. The van der Waals surface area contributed by atoms with Gasteiger partial charge in [0.05, 0.1) is 23.0 Å². The summed E-state index contributed by atoms with van der Waals surface area (Å²) >= 11 is 0. The number of halogens is 3. The van der Waals surface area contributed by atoms with Crippen molar-refractivity contribution in [3.8, 4) is 11.3 Å². The van der Waals surface area contributed by atoms with Gasteiger partial charge in [0.15, 0.2) is 0 Å². The molecule has 0 atom stereocenters. The molecule has 2 N–H and O–H groups in total. The van der Waals surface area contributed by atoms with Crippen molar-refractivity contribution >= 4 is 5.91 Å². The van der Waals surface area contributed by atoms with Crippen LogP contribution in [0.4, 0.5) is 13.2 Å². The van der Waals surface area contributed by atoms with Crippen molar-refractivity contribution in [3.63, 3.8) is 0 Å². The van der Waals surface area contributed by atoms with Crippen LogP contribution in [0.1, 0.15) is 21.5 Å². The molecule has 3 rings (SSSR count). The van der Waals surface area contributed by atoms with Gasteiger partial charge in [-0.15, -0.1) is 0 Å². The minimum absolute atomic E-state index is 0.00751. The average molecular weight is 345 g/mol. The van der Waals surface area contributed by atoms with E-state index in [2.05, 4.69) is 15.5 Å². The van der Waals surface area contributed by atoms with Crippen LogP contribution in [0.2, 0.25) is 0 Å². The lowest BCUT2D eigenvalue weighted by Crippen LogP contribution is -2.24. The lowest BCUT2D eigenvalue weighted by atomic mass is 10.1. The fourth-order valence-electron chi connectivity index (χ4n) is 2.50. The smallest absolute Gasteiger partial charge is 0.348 e. The Labute approximate surface area is 141 Å². The molecule has 0 fully saturated rings. The van der Waals surface area contributed by atoms with Gasteiger partial charge in [0, 0.05) is 12.1 Å². The first-order chi connectivity index (χ1) is 12.0. The second-order valence-electron chi connectivity index (χ2n) is 5.36. The summed E-state index contributed by atoms with van der Waals surface area (Å²) in [5.41, 5.74) is 0.803. The summed E-state index contributed by atoms with van der Waals surface area (Å²) in [4.78, 5) is 12.4. The zero-order valence-electron chi connectivity index (χ0n) is 13.0. The molecule has 1 aromatic heterocycles. The number of alkyl halides is 3. The third kappa shape index (κ3) is 3.71. The van der Waals surface area contributed by atoms with Crippen LogP contribution in [-0.2, 0) is 12.7 Å². The largest absolute Gasteiger partial charge is 0.416 e. The molecular weight excluding hydrogens is 331 g/mol. The fraction of sp³-hybridized carbons (Fsp3) is 0.111. The molecule has 25 heavy (non-hydrogen) atoms. The standard InChI is InChI=1S/C18H14F3N3O/c19-18(20,21)15-9-5-4-8-13(15)10-22-17(25)14-11-23-24-16(14)12-6-2-1-3-7-12/h1-9,11H,10H2,(H,22,25)(H,23,24). The van der Waals surface area contributed by atoms with Crippen molar-refractivity contribution in [1.29, 1.82) is 0 Å². The summed E-state index contributed by atoms with van der Waals surface area (Å²) in [5, 5.41) is 9.14. The van der Waals surface area contributed by atoms with Gasteiger partial charge in [0.1, 0.15) is 0 Å². The van der Waals surface area contributed by atoms with E-state index < -0.39 is 17.6 Å². The van der Waals surface area contributed by atoms with Crippen LogP contribution in [-0.4, -0.2) is 16.1 Å². The number of nitrogens with one attached hydrogen (secondary N) is 2. The number of carbonyl (C=O) groups is 1. The lowest BCUT2D eigenvalue weighted by Gasteiger charge is -2.13. The van der Waals surface area contributed by atoms with Crippen LogP contribution in [0.3, 0.4) is 0 Å². The number of H-pyrrole nitrogens is 1. The summed E-state index contributed by atoms with van der Waals surface area (Å²) in [6.45, 7) is -0.228. The molecule has 0 saturated carbocycles. The van der Waals surface area contributed by atoms with Crippen LogP contribution in [0.25, 0.3) is 11.3 Å². The normalized spacial score (nSPS) is 11.3. The van der Waals surface area contributed by atoms with E-state index in [4.69, 9.17) is 0 Å². The van der Waals surface area contributed by atoms with Gasteiger partial charge in [0.25, 0.3) is 5.91 Å². The van der Waals surface area contributed by atoms with Crippen molar-refractivity contribution in [2.75, 3.05) is 0 Å². The Kier molecular flexibility index (Phi) is 4.56. The third-order valence-corrected chi connectivity index (χ3v) is 3.71. The first kappa shape index (κ1) is 16.8. The van der Waals surface area contributed by atoms with Gasteiger partial charge < -0.3 is 5.32 Å². The van der Waals surface area contributed by atoms with Crippen LogP contribution < -0.4 is 5.32 Å². The predicted octanol–water partition coefficient (Wildman–Crippen LogP) is 4.03.